The van der Waals surface area contributed by atoms with Crippen LogP contribution in [0, 0.1) is 5.92 Å². The predicted molar refractivity (Wildman–Crippen MR) is 96.4 cm³/mol. The number of carbonyl (C=O) groups excluding carboxylic acids is 1. The first-order chi connectivity index (χ1) is 12.3. The highest BCUT2D eigenvalue weighted by molar-refractivity contribution is 5.67. The molecule has 2 fully saturated rings. The second-order valence-electron chi connectivity index (χ2n) is 6.83. The lowest BCUT2D eigenvalue weighted by Gasteiger charge is -2.33. The zero-order valence-corrected chi connectivity index (χ0v) is 14.8. The molecule has 6 heteroatoms. The van der Waals surface area contributed by atoms with Gasteiger partial charge in [0, 0.05) is 13.1 Å². The number of hydrogen-bond acceptors (Lipinski definition) is 5. The minimum absolute atomic E-state index is 0.0414. The maximum absolute atomic E-state index is 12.3. The molecule has 2 saturated heterocycles. The third-order valence-electron chi connectivity index (χ3n) is 4.87. The van der Waals surface area contributed by atoms with Crippen LogP contribution in [0.2, 0.25) is 0 Å². The molecule has 0 spiro atoms. The Bertz CT molecular complexity index is 520. The molecule has 0 radical (unpaired) electrons. The number of carbonyl (C=O) groups is 1. The van der Waals surface area contributed by atoms with E-state index in [1.54, 1.807) is 4.90 Å². The van der Waals surface area contributed by atoms with E-state index in [9.17, 15) is 4.79 Å². The van der Waals surface area contributed by atoms with Gasteiger partial charge in [-0.3, -0.25) is 0 Å². The van der Waals surface area contributed by atoms with Crippen molar-refractivity contribution < 1.29 is 14.3 Å². The molecule has 6 nitrogen and oxygen atoms in total. The average molecular weight is 347 g/mol. The number of piperidine rings is 1. The topological polar surface area (TPSA) is 62.8 Å². The summed E-state index contributed by atoms with van der Waals surface area (Å²) < 4.78 is 11.2. The summed E-state index contributed by atoms with van der Waals surface area (Å²) in [7, 11) is 0. The molecule has 2 aliphatic rings. The highest BCUT2D eigenvalue weighted by Crippen LogP contribution is 2.11. The van der Waals surface area contributed by atoms with Gasteiger partial charge in [-0.05, 0) is 44.0 Å². The van der Waals surface area contributed by atoms with Crippen LogP contribution in [-0.2, 0) is 16.1 Å². The summed E-state index contributed by atoms with van der Waals surface area (Å²) in [5.74, 6) is 0.747. The lowest BCUT2D eigenvalue weighted by atomic mass is 9.98. The number of morpholine rings is 1. The van der Waals surface area contributed by atoms with Crippen molar-refractivity contribution in [2.24, 2.45) is 5.92 Å². The van der Waals surface area contributed by atoms with Crippen LogP contribution in [0.25, 0.3) is 0 Å². The lowest BCUT2D eigenvalue weighted by molar-refractivity contribution is -0.0273. The number of benzene rings is 1. The molecule has 2 N–H and O–H groups in total. The molecular formula is C19H29N3O3. The van der Waals surface area contributed by atoms with Crippen LogP contribution < -0.4 is 10.6 Å². The standard InChI is InChI=1S/C19H29N3O3/c23-19(25-15-17-4-2-1-3-5-17)22-10-11-24-18(14-22)13-21-12-16-6-8-20-9-7-16/h1-5,16,18,20-21H,6-15H2. The lowest BCUT2D eigenvalue weighted by Crippen LogP contribution is -2.49. The molecule has 0 saturated carbocycles. The molecule has 1 aromatic carbocycles. The Morgan fingerprint density at radius 3 is 2.84 bits per heavy atom. The highest BCUT2D eigenvalue weighted by atomic mass is 16.6. The van der Waals surface area contributed by atoms with E-state index in [2.05, 4.69) is 10.6 Å². The first-order valence-corrected chi connectivity index (χ1v) is 9.30. The molecule has 3 rings (SSSR count). The average Bonchev–Trinajstić information content (AvgIpc) is 2.68. The number of nitrogens with one attached hydrogen (secondary N) is 2. The van der Waals surface area contributed by atoms with Crippen LogP contribution in [0.5, 0.6) is 0 Å². The molecule has 2 aliphatic heterocycles. The van der Waals surface area contributed by atoms with Crippen molar-refractivity contribution in [2.75, 3.05) is 45.9 Å². The van der Waals surface area contributed by atoms with Crippen LogP contribution in [0.15, 0.2) is 30.3 Å². The Morgan fingerprint density at radius 2 is 2.04 bits per heavy atom. The van der Waals surface area contributed by atoms with E-state index in [-0.39, 0.29) is 12.2 Å². The van der Waals surface area contributed by atoms with E-state index in [4.69, 9.17) is 9.47 Å². The first-order valence-electron chi connectivity index (χ1n) is 9.30. The molecule has 0 aliphatic carbocycles. The maximum atomic E-state index is 12.3. The monoisotopic (exact) mass is 347 g/mol. The van der Waals surface area contributed by atoms with E-state index >= 15 is 0 Å². The summed E-state index contributed by atoms with van der Waals surface area (Å²) in [6.45, 7) is 6.12. The summed E-state index contributed by atoms with van der Waals surface area (Å²) in [5.41, 5.74) is 1.00. The van der Waals surface area contributed by atoms with Gasteiger partial charge >= 0.3 is 6.09 Å². The number of rotatable bonds is 6. The van der Waals surface area contributed by atoms with E-state index < -0.39 is 0 Å². The van der Waals surface area contributed by atoms with Crippen molar-refractivity contribution >= 4 is 6.09 Å². The van der Waals surface area contributed by atoms with Crippen molar-refractivity contribution in [1.29, 1.82) is 0 Å². The number of amides is 1. The molecule has 1 amide bonds. The van der Waals surface area contributed by atoms with Gasteiger partial charge in [0.25, 0.3) is 0 Å². The van der Waals surface area contributed by atoms with Gasteiger partial charge in [0.1, 0.15) is 6.61 Å². The SMILES string of the molecule is O=C(OCc1ccccc1)N1CCOC(CNCC2CCNCC2)C1. The van der Waals surface area contributed by atoms with Gasteiger partial charge < -0.3 is 25.0 Å². The van der Waals surface area contributed by atoms with Crippen molar-refractivity contribution in [3.05, 3.63) is 35.9 Å². The van der Waals surface area contributed by atoms with E-state index in [0.29, 0.717) is 26.3 Å². The van der Waals surface area contributed by atoms with Gasteiger partial charge in [-0.2, -0.15) is 0 Å². The van der Waals surface area contributed by atoms with Crippen LogP contribution in [0.3, 0.4) is 0 Å². The summed E-state index contributed by atoms with van der Waals surface area (Å²) in [6, 6.07) is 9.76. The number of hydrogen-bond donors (Lipinski definition) is 2. The third kappa shape index (κ3) is 5.99. The van der Waals surface area contributed by atoms with E-state index in [1.165, 1.54) is 12.8 Å². The second kappa shape index (κ2) is 9.75. The van der Waals surface area contributed by atoms with Crippen LogP contribution >= 0.6 is 0 Å². The Hall–Kier alpha value is -1.63. The fourth-order valence-corrected chi connectivity index (χ4v) is 3.35. The molecule has 25 heavy (non-hydrogen) atoms. The molecular weight excluding hydrogens is 318 g/mol. The Morgan fingerprint density at radius 1 is 1.24 bits per heavy atom. The van der Waals surface area contributed by atoms with Crippen molar-refractivity contribution in [3.63, 3.8) is 0 Å². The molecule has 138 valence electrons. The molecule has 0 bridgehead atoms. The van der Waals surface area contributed by atoms with Gasteiger partial charge in [0.05, 0.1) is 19.3 Å². The Labute approximate surface area is 149 Å². The Balaban J connectivity index is 1.36. The van der Waals surface area contributed by atoms with Crippen LogP contribution in [0.1, 0.15) is 18.4 Å². The summed E-state index contributed by atoms with van der Waals surface area (Å²) in [6.07, 6.45) is 2.25. The van der Waals surface area contributed by atoms with Crippen molar-refractivity contribution in [1.82, 2.24) is 15.5 Å². The summed E-state index contributed by atoms with van der Waals surface area (Å²) in [4.78, 5) is 14.0. The molecule has 0 aromatic heterocycles. The van der Waals surface area contributed by atoms with Crippen molar-refractivity contribution in [2.45, 2.75) is 25.6 Å². The fourth-order valence-electron chi connectivity index (χ4n) is 3.35. The van der Waals surface area contributed by atoms with Crippen LogP contribution in [-0.4, -0.2) is 63.0 Å². The van der Waals surface area contributed by atoms with Crippen LogP contribution in [0.4, 0.5) is 4.79 Å². The van der Waals surface area contributed by atoms with Gasteiger partial charge in [0.15, 0.2) is 0 Å². The Kier molecular flexibility index (Phi) is 7.09. The maximum Gasteiger partial charge on any atom is 0.410 e. The molecule has 1 aromatic rings. The minimum atomic E-state index is -0.254. The molecule has 2 heterocycles. The quantitative estimate of drug-likeness (QED) is 0.819. The summed E-state index contributed by atoms with van der Waals surface area (Å²) >= 11 is 0. The zero-order valence-electron chi connectivity index (χ0n) is 14.8. The van der Waals surface area contributed by atoms with Gasteiger partial charge in [0.2, 0.25) is 0 Å². The van der Waals surface area contributed by atoms with Gasteiger partial charge in [-0.25, -0.2) is 4.79 Å². The first kappa shape index (κ1) is 18.2. The number of ether oxygens (including phenoxy) is 2. The smallest absolute Gasteiger partial charge is 0.410 e. The minimum Gasteiger partial charge on any atom is -0.445 e. The van der Waals surface area contributed by atoms with E-state index in [0.717, 1.165) is 37.7 Å². The van der Waals surface area contributed by atoms with Crippen molar-refractivity contribution in [3.8, 4) is 0 Å². The third-order valence-corrected chi connectivity index (χ3v) is 4.87. The normalized spacial score (nSPS) is 21.9. The van der Waals surface area contributed by atoms with Gasteiger partial charge in [-0.15, -0.1) is 0 Å². The number of nitrogens with zero attached hydrogens (tertiary/aromatic N) is 1. The highest BCUT2D eigenvalue weighted by Gasteiger charge is 2.25. The zero-order chi connectivity index (χ0) is 17.3. The van der Waals surface area contributed by atoms with Gasteiger partial charge in [-0.1, -0.05) is 30.3 Å². The largest absolute Gasteiger partial charge is 0.445 e. The molecule has 1 atom stereocenters. The fraction of sp³-hybridized carbons (Fsp3) is 0.632. The second-order valence-corrected chi connectivity index (χ2v) is 6.83. The summed E-state index contributed by atoms with van der Waals surface area (Å²) in [5, 5.41) is 6.90. The predicted octanol–water partition coefficient (Wildman–Crippen LogP) is 1.61. The molecule has 1 unspecified atom stereocenters. The van der Waals surface area contributed by atoms with E-state index in [1.807, 2.05) is 30.3 Å².